The van der Waals surface area contributed by atoms with Crippen LogP contribution >= 0.6 is 39.9 Å². The summed E-state index contributed by atoms with van der Waals surface area (Å²) in [6.45, 7) is 1.33. The standard InChI is InChI=1S/C19H23BrFN3O.HI/c1-22-19(23-10-9-14-7-8-18(21)17(20)11-14)24-12-16(13-25)15-5-3-2-4-6-15;/h2-8,11,16,25H,9-10,12-13H2,1H3,(H2,22,23,24);1H. The molecule has 0 heterocycles. The first kappa shape index (κ1) is 22.9. The van der Waals surface area contributed by atoms with Crippen molar-refractivity contribution in [1.29, 1.82) is 0 Å². The first-order valence-corrected chi connectivity index (χ1v) is 8.97. The Kier molecular flexibility index (Phi) is 10.8. The summed E-state index contributed by atoms with van der Waals surface area (Å²) < 4.78 is 13.7. The van der Waals surface area contributed by atoms with Crippen molar-refractivity contribution in [3.05, 3.63) is 69.9 Å². The molecule has 0 spiro atoms. The van der Waals surface area contributed by atoms with E-state index >= 15 is 0 Å². The number of rotatable bonds is 7. The average Bonchev–Trinajstić information content (AvgIpc) is 2.64. The summed E-state index contributed by atoms with van der Waals surface area (Å²) in [4.78, 5) is 4.19. The maximum Gasteiger partial charge on any atom is 0.191 e. The lowest BCUT2D eigenvalue weighted by Crippen LogP contribution is -2.40. The lowest BCUT2D eigenvalue weighted by atomic mass is 10.0. The first-order valence-electron chi connectivity index (χ1n) is 8.18. The smallest absolute Gasteiger partial charge is 0.191 e. The van der Waals surface area contributed by atoms with Gasteiger partial charge in [0, 0.05) is 26.1 Å². The summed E-state index contributed by atoms with van der Waals surface area (Å²) in [6, 6.07) is 14.9. The van der Waals surface area contributed by atoms with E-state index in [1.165, 1.54) is 6.07 Å². The first-order chi connectivity index (χ1) is 12.1. The van der Waals surface area contributed by atoms with Crippen molar-refractivity contribution in [1.82, 2.24) is 10.6 Å². The molecule has 0 amide bonds. The van der Waals surface area contributed by atoms with E-state index in [0.29, 0.717) is 23.5 Å². The fourth-order valence-corrected chi connectivity index (χ4v) is 2.90. The Morgan fingerprint density at radius 2 is 1.92 bits per heavy atom. The number of guanidine groups is 1. The molecule has 1 atom stereocenters. The molecule has 0 saturated heterocycles. The SMILES string of the molecule is CN=C(NCCc1ccc(F)c(Br)c1)NCC(CO)c1ccccc1.I. The molecule has 0 radical (unpaired) electrons. The number of nitrogens with one attached hydrogen (secondary N) is 2. The van der Waals surface area contributed by atoms with Gasteiger partial charge in [-0.2, -0.15) is 0 Å². The van der Waals surface area contributed by atoms with Gasteiger partial charge in [0.15, 0.2) is 5.96 Å². The Hall–Kier alpha value is -1.19. The second-order valence-electron chi connectivity index (χ2n) is 5.67. The van der Waals surface area contributed by atoms with E-state index in [2.05, 4.69) is 31.6 Å². The Bertz CT molecular complexity index is 700. The Labute approximate surface area is 179 Å². The molecular weight excluding hydrogens is 512 g/mol. The van der Waals surface area contributed by atoms with Crippen LogP contribution in [0.3, 0.4) is 0 Å². The number of hydrogen-bond acceptors (Lipinski definition) is 2. The molecule has 0 aliphatic carbocycles. The molecule has 4 nitrogen and oxygen atoms in total. The van der Waals surface area contributed by atoms with Crippen LogP contribution in [0.4, 0.5) is 4.39 Å². The van der Waals surface area contributed by atoms with Gasteiger partial charge in [0.05, 0.1) is 11.1 Å². The van der Waals surface area contributed by atoms with Gasteiger partial charge in [0.2, 0.25) is 0 Å². The summed E-state index contributed by atoms with van der Waals surface area (Å²) in [5.74, 6) is 0.425. The van der Waals surface area contributed by atoms with Crippen molar-refractivity contribution in [2.45, 2.75) is 12.3 Å². The van der Waals surface area contributed by atoms with Crippen molar-refractivity contribution in [2.24, 2.45) is 4.99 Å². The number of benzene rings is 2. The highest BCUT2D eigenvalue weighted by molar-refractivity contribution is 14.0. The Morgan fingerprint density at radius 3 is 2.54 bits per heavy atom. The zero-order valence-electron chi connectivity index (χ0n) is 14.6. The molecule has 0 aliphatic heterocycles. The number of aliphatic imine (C=N–C) groups is 1. The van der Waals surface area contributed by atoms with Crippen molar-refractivity contribution < 1.29 is 9.50 Å². The lowest BCUT2D eigenvalue weighted by Gasteiger charge is -2.18. The topological polar surface area (TPSA) is 56.7 Å². The fourth-order valence-electron chi connectivity index (χ4n) is 2.47. The average molecular weight is 536 g/mol. The molecule has 7 heteroatoms. The third kappa shape index (κ3) is 7.20. The van der Waals surface area contributed by atoms with Crippen LogP contribution in [0.25, 0.3) is 0 Å². The lowest BCUT2D eigenvalue weighted by molar-refractivity contribution is 0.265. The van der Waals surface area contributed by atoms with E-state index in [4.69, 9.17) is 0 Å². The van der Waals surface area contributed by atoms with E-state index < -0.39 is 0 Å². The second-order valence-corrected chi connectivity index (χ2v) is 6.52. The molecule has 0 fully saturated rings. The predicted octanol–water partition coefficient (Wildman–Crippen LogP) is 3.69. The van der Waals surface area contributed by atoms with Crippen molar-refractivity contribution in [3.63, 3.8) is 0 Å². The summed E-state index contributed by atoms with van der Waals surface area (Å²) in [6.07, 6.45) is 0.752. The molecule has 26 heavy (non-hydrogen) atoms. The highest BCUT2D eigenvalue weighted by atomic mass is 127. The highest BCUT2D eigenvalue weighted by Crippen LogP contribution is 2.17. The number of halogens is 3. The maximum atomic E-state index is 13.2. The van der Waals surface area contributed by atoms with E-state index in [1.54, 1.807) is 19.2 Å². The minimum atomic E-state index is -0.259. The molecule has 142 valence electrons. The van der Waals surface area contributed by atoms with Gasteiger partial charge in [0.1, 0.15) is 5.82 Å². The van der Waals surface area contributed by atoms with Gasteiger partial charge >= 0.3 is 0 Å². The van der Waals surface area contributed by atoms with Gasteiger partial charge in [-0.05, 0) is 45.6 Å². The Morgan fingerprint density at radius 1 is 1.19 bits per heavy atom. The van der Waals surface area contributed by atoms with Gasteiger partial charge < -0.3 is 15.7 Å². The highest BCUT2D eigenvalue weighted by Gasteiger charge is 2.10. The molecule has 0 aromatic heterocycles. The molecule has 2 aromatic rings. The predicted molar refractivity (Wildman–Crippen MR) is 119 cm³/mol. The normalized spacial score (nSPS) is 12.2. The quantitative estimate of drug-likeness (QED) is 0.288. The molecule has 0 bridgehead atoms. The molecule has 2 aromatic carbocycles. The summed E-state index contributed by atoms with van der Waals surface area (Å²) >= 11 is 3.20. The van der Waals surface area contributed by atoms with E-state index in [9.17, 15) is 9.50 Å². The number of nitrogens with zero attached hydrogens (tertiary/aromatic N) is 1. The third-order valence-corrected chi connectivity index (χ3v) is 4.53. The van der Waals surface area contributed by atoms with E-state index in [1.807, 2.05) is 30.3 Å². The monoisotopic (exact) mass is 535 g/mol. The zero-order valence-corrected chi connectivity index (χ0v) is 18.5. The summed E-state index contributed by atoms with van der Waals surface area (Å²) in [5, 5.41) is 16.1. The van der Waals surface area contributed by atoms with Gasteiger partial charge in [-0.15, -0.1) is 24.0 Å². The summed E-state index contributed by atoms with van der Waals surface area (Å²) in [5.41, 5.74) is 2.12. The van der Waals surface area contributed by atoms with Crippen LogP contribution in [-0.2, 0) is 6.42 Å². The summed E-state index contributed by atoms with van der Waals surface area (Å²) in [7, 11) is 1.71. The van der Waals surface area contributed by atoms with Crippen LogP contribution in [0.2, 0.25) is 0 Å². The second kappa shape index (κ2) is 12.2. The van der Waals surface area contributed by atoms with Crippen LogP contribution in [0, 0.1) is 5.82 Å². The minimum Gasteiger partial charge on any atom is -0.396 e. The third-order valence-electron chi connectivity index (χ3n) is 3.92. The molecule has 2 rings (SSSR count). The van der Waals surface area contributed by atoms with Crippen LogP contribution < -0.4 is 10.6 Å². The van der Waals surface area contributed by atoms with E-state index in [0.717, 1.165) is 17.5 Å². The Balaban J connectivity index is 0.00000338. The van der Waals surface area contributed by atoms with Crippen molar-refractivity contribution >= 4 is 45.9 Å². The van der Waals surface area contributed by atoms with Gasteiger partial charge in [-0.25, -0.2) is 4.39 Å². The van der Waals surface area contributed by atoms with Gasteiger partial charge in [-0.1, -0.05) is 36.4 Å². The molecule has 3 N–H and O–H groups in total. The van der Waals surface area contributed by atoms with Crippen molar-refractivity contribution in [2.75, 3.05) is 26.7 Å². The van der Waals surface area contributed by atoms with Crippen LogP contribution in [0.1, 0.15) is 17.0 Å². The van der Waals surface area contributed by atoms with Crippen LogP contribution in [0.5, 0.6) is 0 Å². The molecule has 0 aliphatic rings. The molecular formula is C19H24BrFIN3O. The molecule has 1 unspecified atom stereocenters. The van der Waals surface area contributed by atoms with Crippen molar-refractivity contribution in [3.8, 4) is 0 Å². The maximum absolute atomic E-state index is 13.2. The minimum absolute atomic E-state index is 0. The zero-order chi connectivity index (χ0) is 18.1. The van der Waals surface area contributed by atoms with E-state index in [-0.39, 0.29) is 42.3 Å². The number of aliphatic hydroxyl groups is 1. The van der Waals surface area contributed by atoms with Crippen LogP contribution in [-0.4, -0.2) is 37.8 Å². The van der Waals surface area contributed by atoms with Gasteiger partial charge in [-0.3, -0.25) is 4.99 Å². The molecule has 0 saturated carbocycles. The number of aliphatic hydroxyl groups excluding tert-OH is 1. The van der Waals surface area contributed by atoms with Crippen LogP contribution in [0.15, 0.2) is 58.0 Å². The number of hydrogen-bond donors (Lipinski definition) is 3. The largest absolute Gasteiger partial charge is 0.396 e. The van der Waals surface area contributed by atoms with Gasteiger partial charge in [0.25, 0.3) is 0 Å². The fraction of sp³-hybridized carbons (Fsp3) is 0.316.